The van der Waals surface area contributed by atoms with Crippen LogP contribution >= 0.6 is 0 Å². The van der Waals surface area contributed by atoms with Crippen molar-refractivity contribution in [2.45, 2.75) is 0 Å². The molecule has 4 rings (SSSR count). The van der Waals surface area contributed by atoms with E-state index in [0.717, 1.165) is 16.8 Å². The molecule has 1 amide bonds. The molecule has 4 aromatic rings. The van der Waals surface area contributed by atoms with Crippen molar-refractivity contribution in [3.05, 3.63) is 96.1 Å². The molecule has 0 atom stereocenters. The summed E-state index contributed by atoms with van der Waals surface area (Å²) >= 11 is 0. The Morgan fingerprint density at radius 1 is 0.733 bits per heavy atom. The Morgan fingerprint density at radius 3 is 1.93 bits per heavy atom. The number of nitrogens with one attached hydrogen (secondary N) is 2. The summed E-state index contributed by atoms with van der Waals surface area (Å²) in [5, 5.41) is 16.7. The lowest BCUT2D eigenvalue weighted by Crippen LogP contribution is -2.12. The van der Waals surface area contributed by atoms with Crippen LogP contribution < -0.4 is 10.6 Å². The largest absolute Gasteiger partial charge is 0.478 e. The van der Waals surface area contributed by atoms with E-state index in [9.17, 15) is 14.7 Å². The number of anilines is 2. The molecule has 5 nitrogen and oxygen atoms in total. The number of carboxylic acid groups (broad SMARTS) is 1. The third-order valence-electron chi connectivity index (χ3n) is 5.06. The lowest BCUT2D eigenvalue weighted by molar-refractivity contribution is 0.0699. The topological polar surface area (TPSA) is 78.4 Å². The molecule has 0 aliphatic carbocycles. The molecule has 3 N–H and O–H groups in total. The summed E-state index contributed by atoms with van der Waals surface area (Å²) in [5.74, 6) is -1.25. The van der Waals surface area contributed by atoms with Gasteiger partial charge in [0, 0.05) is 29.4 Å². The van der Waals surface area contributed by atoms with Crippen LogP contribution in [0, 0.1) is 0 Å². The highest BCUT2D eigenvalue weighted by Gasteiger charge is 2.13. The normalized spacial score (nSPS) is 10.6. The average Bonchev–Trinajstić information content (AvgIpc) is 2.79. The Labute approximate surface area is 174 Å². The molecular weight excluding hydrogens is 376 g/mol. The maximum Gasteiger partial charge on any atom is 0.336 e. The molecule has 0 unspecified atom stereocenters. The second kappa shape index (κ2) is 8.09. The zero-order valence-corrected chi connectivity index (χ0v) is 16.3. The maximum absolute atomic E-state index is 12.8. The number of carbonyl (C=O) groups excluding carboxylic acids is 1. The van der Waals surface area contributed by atoms with Gasteiger partial charge in [-0.1, -0.05) is 48.5 Å². The van der Waals surface area contributed by atoms with Crippen molar-refractivity contribution in [2.75, 3.05) is 17.7 Å². The number of amides is 1. The number of fused-ring (bicyclic) bond motifs is 1. The van der Waals surface area contributed by atoms with Crippen LogP contribution in [0.3, 0.4) is 0 Å². The first-order valence-corrected chi connectivity index (χ1v) is 9.51. The van der Waals surface area contributed by atoms with Crippen molar-refractivity contribution in [1.82, 2.24) is 0 Å². The summed E-state index contributed by atoms with van der Waals surface area (Å²) in [4.78, 5) is 24.2. The highest BCUT2D eigenvalue weighted by Crippen LogP contribution is 2.28. The van der Waals surface area contributed by atoms with Crippen LogP contribution in [-0.4, -0.2) is 24.0 Å². The fourth-order valence-electron chi connectivity index (χ4n) is 3.43. The summed E-state index contributed by atoms with van der Waals surface area (Å²) in [6.45, 7) is 0. The van der Waals surface area contributed by atoms with Gasteiger partial charge in [-0.25, -0.2) is 4.79 Å². The lowest BCUT2D eigenvalue weighted by Gasteiger charge is -2.11. The van der Waals surface area contributed by atoms with Gasteiger partial charge in [0.1, 0.15) is 0 Å². The van der Waals surface area contributed by atoms with Crippen LogP contribution in [0.5, 0.6) is 0 Å². The second-order valence-electron chi connectivity index (χ2n) is 6.87. The predicted molar refractivity (Wildman–Crippen MR) is 120 cm³/mol. The van der Waals surface area contributed by atoms with Gasteiger partial charge in [0.25, 0.3) is 5.91 Å². The number of aromatic carboxylic acids is 1. The summed E-state index contributed by atoms with van der Waals surface area (Å²) in [6.07, 6.45) is 0. The Hall–Kier alpha value is -4.12. The van der Waals surface area contributed by atoms with Gasteiger partial charge in [-0.05, 0) is 52.9 Å². The summed E-state index contributed by atoms with van der Waals surface area (Å²) in [6, 6.07) is 25.7. The monoisotopic (exact) mass is 396 g/mol. The SMILES string of the molecule is CNc1ccc(-c2ccc(C(=O)Nc3ccc(C(=O)O)c4ccccc34)cc2)cc1. The molecule has 0 heterocycles. The molecule has 0 saturated carbocycles. The van der Waals surface area contributed by atoms with Gasteiger partial charge in [-0.3, -0.25) is 4.79 Å². The number of carboxylic acids is 1. The van der Waals surface area contributed by atoms with Crippen LogP contribution in [0.2, 0.25) is 0 Å². The fourth-order valence-corrected chi connectivity index (χ4v) is 3.43. The van der Waals surface area contributed by atoms with Crippen LogP contribution in [0.1, 0.15) is 20.7 Å². The molecule has 30 heavy (non-hydrogen) atoms. The third kappa shape index (κ3) is 3.73. The molecule has 0 aliphatic rings. The van der Waals surface area contributed by atoms with Gasteiger partial charge in [0.05, 0.1) is 5.56 Å². The molecule has 5 heteroatoms. The molecule has 0 aliphatic heterocycles. The van der Waals surface area contributed by atoms with Crippen molar-refractivity contribution in [1.29, 1.82) is 0 Å². The first-order chi connectivity index (χ1) is 14.6. The standard InChI is InChI=1S/C25H20N2O3/c1-26-19-12-10-17(11-13-19)16-6-8-18(9-7-16)24(28)27-23-15-14-22(25(29)30)20-4-2-3-5-21(20)23/h2-15,26H,1H3,(H,27,28)(H,29,30). The number of rotatable bonds is 5. The smallest absolute Gasteiger partial charge is 0.336 e. The van der Waals surface area contributed by atoms with E-state index in [-0.39, 0.29) is 11.5 Å². The lowest BCUT2D eigenvalue weighted by atomic mass is 10.0. The first kappa shape index (κ1) is 19.2. The van der Waals surface area contributed by atoms with Crippen LogP contribution in [-0.2, 0) is 0 Å². The van der Waals surface area contributed by atoms with E-state index in [4.69, 9.17) is 0 Å². The minimum atomic E-state index is -0.998. The number of hydrogen-bond donors (Lipinski definition) is 3. The van der Waals surface area contributed by atoms with E-state index in [1.165, 1.54) is 6.07 Å². The zero-order valence-electron chi connectivity index (χ0n) is 16.3. The van der Waals surface area contributed by atoms with Gasteiger partial charge in [-0.2, -0.15) is 0 Å². The van der Waals surface area contributed by atoms with E-state index >= 15 is 0 Å². The molecule has 0 radical (unpaired) electrons. The average molecular weight is 396 g/mol. The van der Waals surface area contributed by atoms with Crippen LogP contribution in [0.4, 0.5) is 11.4 Å². The Balaban J connectivity index is 1.58. The van der Waals surface area contributed by atoms with Crippen molar-refractivity contribution < 1.29 is 14.7 Å². The van der Waals surface area contributed by atoms with Gasteiger partial charge in [-0.15, -0.1) is 0 Å². The van der Waals surface area contributed by atoms with Crippen molar-refractivity contribution in [3.63, 3.8) is 0 Å². The molecule has 4 aromatic carbocycles. The quantitative estimate of drug-likeness (QED) is 0.416. The second-order valence-corrected chi connectivity index (χ2v) is 6.87. The molecule has 0 fully saturated rings. The summed E-state index contributed by atoms with van der Waals surface area (Å²) in [7, 11) is 1.88. The van der Waals surface area contributed by atoms with Crippen molar-refractivity contribution in [2.24, 2.45) is 0 Å². The molecule has 0 saturated heterocycles. The van der Waals surface area contributed by atoms with E-state index in [2.05, 4.69) is 10.6 Å². The minimum absolute atomic E-state index is 0.206. The number of carbonyl (C=O) groups is 2. The zero-order chi connectivity index (χ0) is 21.1. The van der Waals surface area contributed by atoms with Gasteiger partial charge < -0.3 is 15.7 Å². The van der Waals surface area contributed by atoms with Gasteiger partial charge in [0.15, 0.2) is 0 Å². The fraction of sp³-hybridized carbons (Fsp3) is 0.0400. The Kier molecular flexibility index (Phi) is 5.18. The van der Waals surface area contributed by atoms with Crippen molar-refractivity contribution in [3.8, 4) is 11.1 Å². The van der Waals surface area contributed by atoms with E-state index in [0.29, 0.717) is 22.0 Å². The van der Waals surface area contributed by atoms with Gasteiger partial charge in [0.2, 0.25) is 0 Å². The van der Waals surface area contributed by atoms with Crippen LogP contribution in [0.25, 0.3) is 21.9 Å². The Bertz CT molecular complexity index is 1230. The maximum atomic E-state index is 12.8. The molecular formula is C25H20N2O3. The minimum Gasteiger partial charge on any atom is -0.478 e. The van der Waals surface area contributed by atoms with E-state index in [1.54, 1.807) is 36.4 Å². The predicted octanol–water partition coefficient (Wildman–Crippen LogP) is 5.50. The van der Waals surface area contributed by atoms with Crippen molar-refractivity contribution >= 4 is 34.0 Å². The summed E-state index contributed by atoms with van der Waals surface area (Å²) < 4.78 is 0. The molecule has 0 bridgehead atoms. The third-order valence-corrected chi connectivity index (χ3v) is 5.06. The molecule has 0 aromatic heterocycles. The van der Waals surface area contributed by atoms with Gasteiger partial charge >= 0.3 is 5.97 Å². The van der Waals surface area contributed by atoms with Crippen LogP contribution in [0.15, 0.2) is 84.9 Å². The highest BCUT2D eigenvalue weighted by atomic mass is 16.4. The number of benzene rings is 4. The molecule has 148 valence electrons. The first-order valence-electron chi connectivity index (χ1n) is 9.51. The highest BCUT2D eigenvalue weighted by molar-refractivity contribution is 6.13. The van der Waals surface area contributed by atoms with E-state index in [1.807, 2.05) is 49.5 Å². The Morgan fingerprint density at radius 2 is 1.33 bits per heavy atom. The molecule has 0 spiro atoms. The summed E-state index contributed by atoms with van der Waals surface area (Å²) in [5.41, 5.74) is 4.43. The number of hydrogen-bond acceptors (Lipinski definition) is 3. The van der Waals surface area contributed by atoms with E-state index < -0.39 is 5.97 Å².